The lowest BCUT2D eigenvalue weighted by atomic mass is 10.0. The van der Waals surface area contributed by atoms with Gasteiger partial charge in [0.25, 0.3) is 0 Å². The Kier molecular flexibility index (Phi) is 9.00. The zero-order valence-electron chi connectivity index (χ0n) is 17.2. The Balaban J connectivity index is 0.000000735. The molecule has 6 nitrogen and oxygen atoms in total. The highest BCUT2D eigenvalue weighted by Crippen LogP contribution is 2.31. The standard InChI is InChI=1S/C22H22ClNO2.CH4N2O/c1-15-10-11-17(16-6-4-7-18(23)12-16)13-22(15)26-14-19-20(24-2)8-5-9-21(19)25-3;2-3-1-4/h4-13,24H,14H2,1-3H3;1H,2H2,(H,3,4). The fourth-order valence-corrected chi connectivity index (χ4v) is 3.08. The van der Waals surface area contributed by atoms with Gasteiger partial charge in [0.1, 0.15) is 18.1 Å². The molecule has 3 aromatic carbocycles. The summed E-state index contributed by atoms with van der Waals surface area (Å²) in [4.78, 5) is 8.94. The second-order valence-electron chi connectivity index (χ2n) is 6.30. The first-order chi connectivity index (χ1) is 14.5. The number of carbonyl (C=O) groups is 1. The largest absolute Gasteiger partial charge is 0.496 e. The molecule has 0 aliphatic carbocycles. The van der Waals surface area contributed by atoms with Gasteiger partial charge in [-0.15, -0.1) is 0 Å². The van der Waals surface area contributed by atoms with Crippen LogP contribution in [0.4, 0.5) is 5.69 Å². The van der Waals surface area contributed by atoms with Gasteiger partial charge in [0.05, 0.1) is 12.7 Å². The maximum Gasteiger partial charge on any atom is 0.221 e. The van der Waals surface area contributed by atoms with Gasteiger partial charge in [-0.1, -0.05) is 41.9 Å². The highest BCUT2D eigenvalue weighted by molar-refractivity contribution is 6.30. The summed E-state index contributed by atoms with van der Waals surface area (Å²) in [6, 6.07) is 19.9. The quantitative estimate of drug-likeness (QED) is 0.223. The Labute approximate surface area is 181 Å². The molecule has 1 amide bonds. The van der Waals surface area contributed by atoms with Crippen molar-refractivity contribution in [2.24, 2.45) is 5.84 Å². The van der Waals surface area contributed by atoms with E-state index in [-0.39, 0.29) is 0 Å². The predicted molar refractivity (Wildman–Crippen MR) is 122 cm³/mol. The highest BCUT2D eigenvalue weighted by atomic mass is 35.5. The third kappa shape index (κ3) is 6.14. The molecule has 0 unspecified atom stereocenters. The average Bonchev–Trinajstić information content (AvgIpc) is 2.78. The molecular formula is C23H26ClN3O3. The zero-order chi connectivity index (χ0) is 21.9. The van der Waals surface area contributed by atoms with Gasteiger partial charge in [-0.2, -0.15) is 0 Å². The van der Waals surface area contributed by atoms with Crippen molar-refractivity contribution in [1.82, 2.24) is 5.43 Å². The van der Waals surface area contributed by atoms with E-state index in [9.17, 15) is 0 Å². The third-order valence-corrected chi connectivity index (χ3v) is 4.64. The van der Waals surface area contributed by atoms with Gasteiger partial charge in [0, 0.05) is 17.8 Å². The topological polar surface area (TPSA) is 85.6 Å². The van der Waals surface area contributed by atoms with Crippen molar-refractivity contribution >= 4 is 23.7 Å². The molecule has 3 rings (SSSR count). The van der Waals surface area contributed by atoms with E-state index in [0.717, 1.165) is 44.5 Å². The van der Waals surface area contributed by atoms with Gasteiger partial charge in [0.15, 0.2) is 0 Å². The molecule has 4 N–H and O–H groups in total. The zero-order valence-corrected chi connectivity index (χ0v) is 18.0. The number of halogens is 1. The maximum atomic E-state index is 8.94. The summed E-state index contributed by atoms with van der Waals surface area (Å²) in [5.74, 6) is 6.06. The molecule has 30 heavy (non-hydrogen) atoms. The summed E-state index contributed by atoms with van der Waals surface area (Å²) in [5, 5.41) is 3.91. The number of hydrogen-bond acceptors (Lipinski definition) is 5. The van der Waals surface area contributed by atoms with Crippen LogP contribution in [0.25, 0.3) is 11.1 Å². The van der Waals surface area contributed by atoms with Gasteiger partial charge in [0.2, 0.25) is 6.41 Å². The van der Waals surface area contributed by atoms with Crippen molar-refractivity contribution in [3.8, 4) is 22.6 Å². The number of carbonyl (C=O) groups excluding carboxylic acids is 1. The summed E-state index contributed by atoms with van der Waals surface area (Å²) >= 11 is 6.12. The second kappa shape index (κ2) is 11.7. The Hall–Kier alpha value is -3.22. The van der Waals surface area contributed by atoms with Crippen LogP contribution in [0.2, 0.25) is 5.02 Å². The van der Waals surface area contributed by atoms with E-state index in [1.807, 2.05) is 56.4 Å². The molecule has 0 fully saturated rings. The minimum atomic E-state index is 0.403. The van der Waals surface area contributed by atoms with E-state index in [1.165, 1.54) is 0 Å². The monoisotopic (exact) mass is 427 g/mol. The van der Waals surface area contributed by atoms with Crippen LogP contribution in [0, 0.1) is 6.92 Å². The lowest BCUT2D eigenvalue weighted by molar-refractivity contribution is -0.109. The van der Waals surface area contributed by atoms with Gasteiger partial charge in [-0.3, -0.25) is 10.2 Å². The van der Waals surface area contributed by atoms with E-state index >= 15 is 0 Å². The van der Waals surface area contributed by atoms with Gasteiger partial charge in [-0.25, -0.2) is 5.84 Å². The first-order valence-electron chi connectivity index (χ1n) is 9.26. The Morgan fingerprint density at radius 2 is 1.73 bits per heavy atom. The smallest absolute Gasteiger partial charge is 0.221 e. The number of hydrogen-bond donors (Lipinski definition) is 3. The van der Waals surface area contributed by atoms with Crippen molar-refractivity contribution in [3.63, 3.8) is 0 Å². The fourth-order valence-electron chi connectivity index (χ4n) is 2.89. The number of benzene rings is 3. The van der Waals surface area contributed by atoms with Crippen LogP contribution in [0.1, 0.15) is 11.1 Å². The van der Waals surface area contributed by atoms with Crippen molar-refractivity contribution in [2.45, 2.75) is 13.5 Å². The SMILES string of the molecule is CNc1cccc(OC)c1COc1cc(-c2cccc(Cl)c2)ccc1C.NNC=O. The van der Waals surface area contributed by atoms with E-state index in [4.69, 9.17) is 25.9 Å². The number of anilines is 1. The Morgan fingerprint density at radius 1 is 1.03 bits per heavy atom. The fraction of sp³-hybridized carbons (Fsp3) is 0.174. The Bertz CT molecular complexity index is 957. The Morgan fingerprint density at radius 3 is 2.37 bits per heavy atom. The first-order valence-corrected chi connectivity index (χ1v) is 9.64. The van der Waals surface area contributed by atoms with Crippen LogP contribution in [-0.2, 0) is 11.4 Å². The van der Waals surface area contributed by atoms with E-state index < -0.39 is 0 Å². The molecule has 0 aliphatic rings. The number of hydrazine groups is 1. The van der Waals surface area contributed by atoms with Crippen LogP contribution >= 0.6 is 11.6 Å². The lowest BCUT2D eigenvalue weighted by Gasteiger charge is -2.16. The molecule has 0 heterocycles. The number of methoxy groups -OCH3 is 1. The molecule has 0 aliphatic heterocycles. The molecule has 0 saturated heterocycles. The number of nitrogens with one attached hydrogen (secondary N) is 2. The number of ether oxygens (including phenoxy) is 2. The van der Waals surface area contributed by atoms with E-state index in [2.05, 4.69) is 29.4 Å². The molecular weight excluding hydrogens is 402 g/mol. The molecule has 158 valence electrons. The van der Waals surface area contributed by atoms with Crippen LogP contribution < -0.4 is 26.1 Å². The summed E-state index contributed by atoms with van der Waals surface area (Å²) in [7, 11) is 3.56. The summed E-state index contributed by atoms with van der Waals surface area (Å²) in [6.45, 7) is 2.46. The van der Waals surface area contributed by atoms with E-state index in [0.29, 0.717) is 13.0 Å². The summed E-state index contributed by atoms with van der Waals surface area (Å²) in [5.41, 5.74) is 6.95. The van der Waals surface area contributed by atoms with Crippen molar-refractivity contribution in [3.05, 3.63) is 76.8 Å². The minimum absolute atomic E-state index is 0.403. The predicted octanol–water partition coefficient (Wildman–Crippen LogP) is 4.55. The van der Waals surface area contributed by atoms with Crippen molar-refractivity contribution < 1.29 is 14.3 Å². The number of nitrogens with two attached hydrogens (primary N) is 1. The van der Waals surface area contributed by atoms with Gasteiger partial charge >= 0.3 is 0 Å². The molecule has 0 spiro atoms. The number of rotatable bonds is 7. The van der Waals surface area contributed by atoms with Gasteiger partial charge < -0.3 is 14.8 Å². The van der Waals surface area contributed by atoms with Gasteiger partial charge in [-0.05, 0) is 53.9 Å². The van der Waals surface area contributed by atoms with E-state index in [1.54, 1.807) is 12.5 Å². The molecule has 0 saturated carbocycles. The highest BCUT2D eigenvalue weighted by Gasteiger charge is 2.11. The van der Waals surface area contributed by atoms with Crippen LogP contribution in [0.5, 0.6) is 11.5 Å². The average molecular weight is 428 g/mol. The number of amides is 1. The molecule has 0 atom stereocenters. The van der Waals surface area contributed by atoms with Crippen molar-refractivity contribution in [2.75, 3.05) is 19.5 Å². The molecule has 0 aromatic heterocycles. The molecule has 0 bridgehead atoms. The first kappa shape index (κ1) is 23.1. The van der Waals surface area contributed by atoms with Crippen LogP contribution in [0.3, 0.4) is 0 Å². The van der Waals surface area contributed by atoms with Crippen LogP contribution in [0.15, 0.2) is 60.7 Å². The molecule has 7 heteroatoms. The number of aryl methyl sites for hydroxylation is 1. The second-order valence-corrected chi connectivity index (χ2v) is 6.74. The van der Waals surface area contributed by atoms with Crippen LogP contribution in [-0.4, -0.2) is 20.6 Å². The minimum Gasteiger partial charge on any atom is -0.496 e. The third-order valence-electron chi connectivity index (χ3n) is 4.41. The summed E-state index contributed by atoms with van der Waals surface area (Å²) < 4.78 is 11.6. The molecule has 0 radical (unpaired) electrons. The lowest BCUT2D eigenvalue weighted by Crippen LogP contribution is -2.18. The summed E-state index contributed by atoms with van der Waals surface area (Å²) in [6.07, 6.45) is 0.403. The molecule has 3 aromatic rings. The maximum absolute atomic E-state index is 8.94. The van der Waals surface area contributed by atoms with Crippen molar-refractivity contribution in [1.29, 1.82) is 0 Å². The normalized spacial score (nSPS) is 9.77.